The van der Waals surface area contributed by atoms with Crippen LogP contribution in [0.25, 0.3) is 10.6 Å². The van der Waals surface area contributed by atoms with Crippen molar-refractivity contribution in [1.82, 2.24) is 4.98 Å². The highest BCUT2D eigenvalue weighted by molar-refractivity contribution is 9.10. The summed E-state index contributed by atoms with van der Waals surface area (Å²) < 4.78 is 0.910. The molecule has 1 nitrogen and oxygen atoms in total. The van der Waals surface area contributed by atoms with Crippen LogP contribution in [-0.2, 0) is 0 Å². The van der Waals surface area contributed by atoms with Gasteiger partial charge >= 0.3 is 0 Å². The molecule has 0 aliphatic rings. The van der Waals surface area contributed by atoms with Gasteiger partial charge in [-0.1, -0.05) is 31.5 Å². The van der Waals surface area contributed by atoms with Gasteiger partial charge in [0, 0.05) is 15.4 Å². The van der Waals surface area contributed by atoms with E-state index in [0.717, 1.165) is 25.8 Å². The Bertz CT molecular complexity index is 507. The van der Waals surface area contributed by atoms with Crippen molar-refractivity contribution >= 4 is 38.9 Å². The van der Waals surface area contributed by atoms with E-state index in [0.29, 0.717) is 5.92 Å². The van der Waals surface area contributed by atoms with E-state index in [4.69, 9.17) is 11.6 Å². The minimum absolute atomic E-state index is 0.473. The minimum atomic E-state index is 0.473. The molecule has 0 fully saturated rings. The summed E-state index contributed by atoms with van der Waals surface area (Å²) in [6, 6.07) is 5.89. The number of rotatable bonds is 2. The highest BCUT2D eigenvalue weighted by Gasteiger charge is 2.08. The second kappa shape index (κ2) is 4.86. The van der Waals surface area contributed by atoms with E-state index in [1.54, 1.807) is 11.3 Å². The van der Waals surface area contributed by atoms with Crippen molar-refractivity contribution in [1.29, 1.82) is 0 Å². The van der Waals surface area contributed by atoms with Gasteiger partial charge in [-0.15, -0.1) is 11.3 Å². The van der Waals surface area contributed by atoms with Crippen LogP contribution < -0.4 is 0 Å². The first kappa shape index (κ1) is 12.1. The molecular formula is C12H11BrClNS. The molecule has 2 rings (SSSR count). The fourth-order valence-corrected chi connectivity index (χ4v) is 2.79. The molecule has 4 heteroatoms. The molecule has 0 aliphatic heterocycles. The van der Waals surface area contributed by atoms with Crippen molar-refractivity contribution in [3.05, 3.63) is 38.8 Å². The predicted octanol–water partition coefficient (Wildman–Crippen LogP) is 5.35. The molecule has 0 saturated heterocycles. The van der Waals surface area contributed by atoms with Crippen molar-refractivity contribution in [2.45, 2.75) is 19.8 Å². The quantitative estimate of drug-likeness (QED) is 0.728. The summed E-state index contributed by atoms with van der Waals surface area (Å²) in [4.78, 5) is 4.61. The molecule has 16 heavy (non-hydrogen) atoms. The van der Waals surface area contributed by atoms with Crippen LogP contribution in [0.15, 0.2) is 28.1 Å². The second-order valence-electron chi connectivity index (χ2n) is 3.86. The Kier molecular flexibility index (Phi) is 3.67. The zero-order chi connectivity index (χ0) is 11.7. The van der Waals surface area contributed by atoms with Gasteiger partial charge in [-0.05, 0) is 34.0 Å². The van der Waals surface area contributed by atoms with Gasteiger partial charge in [0.15, 0.2) is 0 Å². The van der Waals surface area contributed by atoms with Gasteiger partial charge in [0.2, 0.25) is 0 Å². The molecule has 0 atom stereocenters. The lowest BCUT2D eigenvalue weighted by Crippen LogP contribution is -1.86. The van der Waals surface area contributed by atoms with Crippen LogP contribution in [0.3, 0.4) is 0 Å². The highest BCUT2D eigenvalue weighted by Crippen LogP contribution is 2.31. The maximum atomic E-state index is 5.96. The summed E-state index contributed by atoms with van der Waals surface area (Å²) >= 11 is 11.1. The second-order valence-corrected chi connectivity index (χ2v) is 5.98. The molecule has 84 valence electrons. The first-order valence-electron chi connectivity index (χ1n) is 4.99. The molecule has 0 saturated carbocycles. The molecule has 1 heterocycles. The number of benzene rings is 1. The molecule has 0 N–H and O–H groups in total. The average molecular weight is 317 g/mol. The molecule has 0 radical (unpaired) electrons. The van der Waals surface area contributed by atoms with Crippen LogP contribution >= 0.6 is 38.9 Å². The normalized spacial score (nSPS) is 11.1. The third-order valence-electron chi connectivity index (χ3n) is 2.28. The Hall–Kier alpha value is -0.380. The maximum absolute atomic E-state index is 5.96. The third kappa shape index (κ3) is 2.47. The number of hydrogen-bond donors (Lipinski definition) is 0. The van der Waals surface area contributed by atoms with Gasteiger partial charge in [0.05, 0.1) is 10.7 Å². The fraction of sp³-hybridized carbons (Fsp3) is 0.250. The number of nitrogens with zero attached hydrogens (tertiary/aromatic N) is 1. The van der Waals surface area contributed by atoms with Crippen LogP contribution in [0, 0.1) is 0 Å². The maximum Gasteiger partial charge on any atom is 0.123 e. The van der Waals surface area contributed by atoms with E-state index in [-0.39, 0.29) is 0 Å². The number of hydrogen-bond acceptors (Lipinski definition) is 2. The monoisotopic (exact) mass is 315 g/mol. The Labute approximate surface area is 113 Å². The summed E-state index contributed by atoms with van der Waals surface area (Å²) in [6.07, 6.45) is 0. The van der Waals surface area contributed by atoms with E-state index in [1.165, 1.54) is 0 Å². The molecule has 0 spiro atoms. The largest absolute Gasteiger partial charge is 0.241 e. The molecule has 1 aromatic carbocycles. The zero-order valence-corrected chi connectivity index (χ0v) is 12.2. The Morgan fingerprint density at radius 2 is 2.12 bits per heavy atom. The molecule has 2 aromatic rings. The fourth-order valence-electron chi connectivity index (χ4n) is 1.31. The average Bonchev–Trinajstić information content (AvgIpc) is 2.71. The van der Waals surface area contributed by atoms with E-state index in [2.05, 4.69) is 40.1 Å². The van der Waals surface area contributed by atoms with Gasteiger partial charge in [0.1, 0.15) is 5.01 Å². The Morgan fingerprint density at radius 3 is 2.69 bits per heavy atom. The molecule has 1 aromatic heterocycles. The van der Waals surface area contributed by atoms with Gasteiger partial charge in [0.25, 0.3) is 0 Å². The van der Waals surface area contributed by atoms with E-state index >= 15 is 0 Å². The summed E-state index contributed by atoms with van der Waals surface area (Å²) in [7, 11) is 0. The smallest absolute Gasteiger partial charge is 0.123 e. The summed E-state index contributed by atoms with van der Waals surface area (Å²) in [5.41, 5.74) is 2.25. The first-order chi connectivity index (χ1) is 7.58. The first-order valence-corrected chi connectivity index (χ1v) is 7.04. The number of halogens is 2. The summed E-state index contributed by atoms with van der Waals surface area (Å²) in [6.45, 7) is 4.30. The molecule has 0 bridgehead atoms. The SMILES string of the molecule is CC(C)c1csc(-c2ccc(Cl)c(Br)c2)n1. The van der Waals surface area contributed by atoms with Gasteiger partial charge in [-0.2, -0.15) is 0 Å². The van der Waals surface area contributed by atoms with E-state index in [9.17, 15) is 0 Å². The minimum Gasteiger partial charge on any atom is -0.241 e. The van der Waals surface area contributed by atoms with E-state index in [1.807, 2.05) is 18.2 Å². The van der Waals surface area contributed by atoms with Crippen molar-refractivity contribution in [3.63, 3.8) is 0 Å². The lowest BCUT2D eigenvalue weighted by atomic mass is 10.1. The number of aromatic nitrogens is 1. The van der Waals surface area contributed by atoms with Crippen molar-refractivity contribution < 1.29 is 0 Å². The molecular weight excluding hydrogens is 306 g/mol. The Balaban J connectivity index is 2.39. The van der Waals surface area contributed by atoms with Crippen LogP contribution in [0.5, 0.6) is 0 Å². The number of thiazole rings is 1. The third-order valence-corrected chi connectivity index (χ3v) is 4.40. The van der Waals surface area contributed by atoms with E-state index < -0.39 is 0 Å². The lowest BCUT2D eigenvalue weighted by molar-refractivity contribution is 0.834. The summed E-state index contributed by atoms with van der Waals surface area (Å²) in [5.74, 6) is 0.473. The van der Waals surface area contributed by atoms with Crippen LogP contribution in [-0.4, -0.2) is 4.98 Å². The van der Waals surface area contributed by atoms with Gasteiger partial charge in [-0.25, -0.2) is 4.98 Å². The lowest BCUT2D eigenvalue weighted by Gasteiger charge is -2.00. The Morgan fingerprint density at radius 1 is 1.38 bits per heavy atom. The standard InChI is InChI=1S/C12H11BrClNS/c1-7(2)11-6-16-12(15-11)8-3-4-10(14)9(13)5-8/h3-7H,1-2H3. The topological polar surface area (TPSA) is 12.9 Å². The van der Waals surface area contributed by atoms with Crippen LogP contribution in [0.4, 0.5) is 0 Å². The summed E-state index contributed by atoms with van der Waals surface area (Å²) in [5, 5.41) is 3.88. The predicted molar refractivity (Wildman–Crippen MR) is 74.3 cm³/mol. The van der Waals surface area contributed by atoms with Crippen LogP contribution in [0.1, 0.15) is 25.5 Å². The molecule has 0 amide bonds. The highest BCUT2D eigenvalue weighted by atomic mass is 79.9. The van der Waals surface area contributed by atoms with Crippen molar-refractivity contribution in [2.24, 2.45) is 0 Å². The van der Waals surface area contributed by atoms with Crippen molar-refractivity contribution in [3.8, 4) is 10.6 Å². The zero-order valence-electron chi connectivity index (χ0n) is 9.00. The van der Waals surface area contributed by atoms with Crippen molar-refractivity contribution in [2.75, 3.05) is 0 Å². The van der Waals surface area contributed by atoms with Crippen LogP contribution in [0.2, 0.25) is 5.02 Å². The molecule has 0 aliphatic carbocycles. The molecule has 0 unspecified atom stereocenters. The van der Waals surface area contributed by atoms with Gasteiger partial charge in [-0.3, -0.25) is 0 Å². The van der Waals surface area contributed by atoms with Gasteiger partial charge < -0.3 is 0 Å².